The molecule has 0 saturated heterocycles. The standard InChI is InChI=1S/C20H22ClNO4/c1-15(26-18-10-6-9-17(21)13-18)20(24)22(12-11-19(23)25-2)14-16-7-4-3-5-8-16/h3-10,13,15H,11-12,14H2,1-2H3/t15-/m0/s1. The van der Waals surface area contributed by atoms with Crippen LogP contribution in [0.4, 0.5) is 0 Å². The van der Waals surface area contributed by atoms with E-state index in [1.165, 1.54) is 7.11 Å². The zero-order chi connectivity index (χ0) is 18.9. The largest absolute Gasteiger partial charge is 0.481 e. The lowest BCUT2D eigenvalue weighted by atomic mass is 10.2. The topological polar surface area (TPSA) is 55.8 Å². The van der Waals surface area contributed by atoms with Crippen molar-refractivity contribution in [3.8, 4) is 5.75 Å². The Hall–Kier alpha value is -2.53. The fraction of sp³-hybridized carbons (Fsp3) is 0.300. The summed E-state index contributed by atoms with van der Waals surface area (Å²) >= 11 is 5.95. The van der Waals surface area contributed by atoms with Gasteiger partial charge in [0, 0.05) is 18.1 Å². The van der Waals surface area contributed by atoms with Crippen molar-refractivity contribution in [2.24, 2.45) is 0 Å². The lowest BCUT2D eigenvalue weighted by Gasteiger charge is -2.26. The molecule has 1 atom stereocenters. The number of benzene rings is 2. The first kappa shape index (κ1) is 19.8. The maximum atomic E-state index is 12.9. The van der Waals surface area contributed by atoms with E-state index in [0.717, 1.165) is 5.56 Å². The van der Waals surface area contributed by atoms with E-state index in [-0.39, 0.29) is 24.8 Å². The fourth-order valence-corrected chi connectivity index (χ4v) is 2.63. The van der Waals surface area contributed by atoms with E-state index in [2.05, 4.69) is 4.74 Å². The number of rotatable bonds is 8. The molecular weight excluding hydrogens is 354 g/mol. The van der Waals surface area contributed by atoms with Crippen LogP contribution in [0, 0.1) is 0 Å². The summed E-state index contributed by atoms with van der Waals surface area (Å²) in [6, 6.07) is 16.5. The van der Waals surface area contributed by atoms with Crippen molar-refractivity contribution in [3.05, 3.63) is 65.2 Å². The molecule has 2 rings (SSSR count). The van der Waals surface area contributed by atoms with Crippen LogP contribution in [0.25, 0.3) is 0 Å². The van der Waals surface area contributed by atoms with E-state index in [1.54, 1.807) is 36.1 Å². The minimum Gasteiger partial charge on any atom is -0.481 e. The molecular formula is C20H22ClNO4. The van der Waals surface area contributed by atoms with Crippen LogP contribution < -0.4 is 4.74 Å². The molecule has 5 nitrogen and oxygen atoms in total. The predicted octanol–water partition coefficient (Wildman–Crippen LogP) is 3.70. The van der Waals surface area contributed by atoms with Gasteiger partial charge in [-0.25, -0.2) is 0 Å². The highest BCUT2D eigenvalue weighted by Crippen LogP contribution is 2.19. The molecule has 0 bridgehead atoms. The summed E-state index contributed by atoms with van der Waals surface area (Å²) in [6.07, 6.45) is -0.589. The van der Waals surface area contributed by atoms with E-state index < -0.39 is 6.10 Å². The van der Waals surface area contributed by atoms with Crippen molar-refractivity contribution in [1.82, 2.24) is 4.90 Å². The molecule has 0 aliphatic carbocycles. The van der Waals surface area contributed by atoms with Crippen LogP contribution in [-0.4, -0.2) is 36.5 Å². The molecule has 0 N–H and O–H groups in total. The molecule has 0 unspecified atom stereocenters. The zero-order valence-electron chi connectivity index (χ0n) is 14.9. The summed E-state index contributed by atoms with van der Waals surface area (Å²) < 4.78 is 10.4. The molecule has 0 saturated carbocycles. The first-order chi connectivity index (χ1) is 12.5. The molecule has 0 aliphatic rings. The van der Waals surface area contributed by atoms with Crippen molar-refractivity contribution < 1.29 is 19.1 Å². The molecule has 6 heteroatoms. The second kappa shape index (κ2) is 9.82. The van der Waals surface area contributed by atoms with E-state index in [9.17, 15) is 9.59 Å². The fourth-order valence-electron chi connectivity index (χ4n) is 2.45. The van der Waals surface area contributed by atoms with Crippen molar-refractivity contribution >= 4 is 23.5 Å². The van der Waals surface area contributed by atoms with Crippen LogP contribution in [-0.2, 0) is 20.9 Å². The Kier molecular flexibility index (Phi) is 7.48. The maximum Gasteiger partial charge on any atom is 0.307 e. The minimum absolute atomic E-state index is 0.124. The van der Waals surface area contributed by atoms with Crippen LogP contribution in [0.1, 0.15) is 18.9 Å². The van der Waals surface area contributed by atoms with Crippen LogP contribution in [0.2, 0.25) is 5.02 Å². The number of nitrogens with zero attached hydrogens (tertiary/aromatic N) is 1. The van der Waals surface area contributed by atoms with Gasteiger partial charge in [0.05, 0.1) is 13.5 Å². The smallest absolute Gasteiger partial charge is 0.307 e. The average Bonchev–Trinajstić information content (AvgIpc) is 2.65. The Balaban J connectivity index is 2.08. The SMILES string of the molecule is COC(=O)CCN(Cc1ccccc1)C(=O)[C@H](C)Oc1cccc(Cl)c1. The molecule has 2 aromatic carbocycles. The Morgan fingerprint density at radius 2 is 1.85 bits per heavy atom. The van der Waals surface area contributed by atoms with E-state index in [1.807, 2.05) is 30.3 Å². The molecule has 138 valence electrons. The molecule has 0 radical (unpaired) electrons. The maximum absolute atomic E-state index is 12.9. The minimum atomic E-state index is -0.713. The van der Waals surface area contributed by atoms with Crippen molar-refractivity contribution in [1.29, 1.82) is 0 Å². The van der Waals surface area contributed by atoms with Gasteiger partial charge in [-0.2, -0.15) is 0 Å². The van der Waals surface area contributed by atoms with E-state index >= 15 is 0 Å². The number of esters is 1. The number of hydrogen-bond donors (Lipinski definition) is 0. The summed E-state index contributed by atoms with van der Waals surface area (Å²) in [4.78, 5) is 25.9. The van der Waals surface area contributed by atoms with Crippen molar-refractivity contribution in [2.45, 2.75) is 26.0 Å². The van der Waals surface area contributed by atoms with Crippen LogP contribution in [0.3, 0.4) is 0 Å². The molecule has 0 aliphatic heterocycles. The van der Waals surface area contributed by atoms with Gasteiger partial charge in [0.25, 0.3) is 5.91 Å². The number of halogens is 1. The van der Waals surface area contributed by atoms with Gasteiger partial charge in [0.15, 0.2) is 6.10 Å². The first-order valence-electron chi connectivity index (χ1n) is 8.31. The van der Waals surface area contributed by atoms with Gasteiger partial charge in [0.2, 0.25) is 0 Å². The number of methoxy groups -OCH3 is 1. The number of amides is 1. The van der Waals surface area contributed by atoms with Gasteiger partial charge < -0.3 is 14.4 Å². The highest BCUT2D eigenvalue weighted by molar-refractivity contribution is 6.30. The Morgan fingerprint density at radius 3 is 2.50 bits per heavy atom. The molecule has 0 heterocycles. The molecule has 0 fully saturated rings. The molecule has 26 heavy (non-hydrogen) atoms. The summed E-state index contributed by atoms with van der Waals surface area (Å²) in [7, 11) is 1.33. The van der Waals surface area contributed by atoms with Crippen LogP contribution in [0.15, 0.2) is 54.6 Å². The lowest BCUT2D eigenvalue weighted by Crippen LogP contribution is -2.41. The van der Waals surface area contributed by atoms with Crippen molar-refractivity contribution in [2.75, 3.05) is 13.7 Å². The highest BCUT2D eigenvalue weighted by Gasteiger charge is 2.23. The third-order valence-electron chi connectivity index (χ3n) is 3.80. The summed E-state index contributed by atoms with van der Waals surface area (Å²) in [6.45, 7) is 2.32. The highest BCUT2D eigenvalue weighted by atomic mass is 35.5. The second-order valence-corrected chi connectivity index (χ2v) is 6.23. The number of hydrogen-bond acceptors (Lipinski definition) is 4. The second-order valence-electron chi connectivity index (χ2n) is 5.79. The quantitative estimate of drug-likeness (QED) is 0.660. The zero-order valence-corrected chi connectivity index (χ0v) is 15.6. The molecule has 1 amide bonds. The van der Waals surface area contributed by atoms with Gasteiger partial charge in [-0.05, 0) is 30.7 Å². The number of carbonyl (C=O) groups is 2. The number of carbonyl (C=O) groups excluding carboxylic acids is 2. The van der Waals surface area contributed by atoms with Gasteiger partial charge in [-0.1, -0.05) is 48.0 Å². The van der Waals surface area contributed by atoms with Gasteiger partial charge in [-0.15, -0.1) is 0 Å². The summed E-state index contributed by atoms with van der Waals surface area (Å²) in [5.74, 6) is -0.0528. The Labute approximate surface area is 158 Å². The van der Waals surface area contributed by atoms with Gasteiger partial charge >= 0.3 is 5.97 Å². The Morgan fingerprint density at radius 1 is 1.12 bits per heavy atom. The first-order valence-corrected chi connectivity index (χ1v) is 8.69. The van der Waals surface area contributed by atoms with Crippen LogP contribution in [0.5, 0.6) is 5.75 Å². The van der Waals surface area contributed by atoms with E-state index in [4.69, 9.17) is 16.3 Å². The third-order valence-corrected chi connectivity index (χ3v) is 4.03. The van der Waals surface area contributed by atoms with Crippen LogP contribution >= 0.6 is 11.6 Å². The lowest BCUT2D eigenvalue weighted by molar-refractivity contribution is -0.143. The van der Waals surface area contributed by atoms with Gasteiger partial charge in [-0.3, -0.25) is 9.59 Å². The summed E-state index contributed by atoms with van der Waals surface area (Å²) in [5, 5.41) is 0.536. The molecule has 2 aromatic rings. The molecule has 0 spiro atoms. The third kappa shape index (κ3) is 6.08. The predicted molar refractivity (Wildman–Crippen MR) is 100 cm³/mol. The van der Waals surface area contributed by atoms with Gasteiger partial charge in [0.1, 0.15) is 5.75 Å². The van der Waals surface area contributed by atoms with Crippen molar-refractivity contribution in [3.63, 3.8) is 0 Å². The normalized spacial score (nSPS) is 11.5. The Bertz CT molecular complexity index is 736. The average molecular weight is 376 g/mol. The summed E-state index contributed by atoms with van der Waals surface area (Å²) in [5.41, 5.74) is 0.973. The molecule has 0 aromatic heterocycles. The number of ether oxygens (including phenoxy) is 2. The monoisotopic (exact) mass is 375 g/mol. The van der Waals surface area contributed by atoms with E-state index in [0.29, 0.717) is 17.3 Å².